The molecular formula is C21H17Cl2F3N2O2. The van der Waals surface area contributed by atoms with Crippen LogP contribution in [0.4, 0.5) is 24.5 Å². The van der Waals surface area contributed by atoms with Crippen molar-refractivity contribution in [1.29, 1.82) is 0 Å². The fraction of sp³-hybridized carbons (Fsp3) is 0.286. The van der Waals surface area contributed by atoms with Crippen molar-refractivity contribution in [3.63, 3.8) is 0 Å². The van der Waals surface area contributed by atoms with Gasteiger partial charge in [0.2, 0.25) is 5.91 Å². The van der Waals surface area contributed by atoms with E-state index in [2.05, 4.69) is 5.32 Å². The molecular weight excluding hydrogens is 440 g/mol. The maximum atomic E-state index is 14.1. The quantitative estimate of drug-likeness (QED) is 0.616. The molecule has 0 bridgehead atoms. The number of anilines is 2. The van der Waals surface area contributed by atoms with Crippen LogP contribution in [-0.4, -0.2) is 25.6 Å². The van der Waals surface area contributed by atoms with E-state index in [9.17, 15) is 18.0 Å². The van der Waals surface area contributed by atoms with Crippen LogP contribution in [0.1, 0.15) is 18.4 Å². The van der Waals surface area contributed by atoms with E-state index in [0.717, 1.165) is 17.7 Å². The number of carbonyl (C=O) groups is 1. The maximum absolute atomic E-state index is 14.1. The van der Waals surface area contributed by atoms with E-state index in [1.165, 1.54) is 6.07 Å². The lowest BCUT2D eigenvalue weighted by Crippen LogP contribution is -2.31. The molecule has 30 heavy (non-hydrogen) atoms. The topological polar surface area (TPSA) is 41.6 Å². The Morgan fingerprint density at radius 2 is 1.77 bits per heavy atom. The number of amides is 1. The Morgan fingerprint density at radius 3 is 2.43 bits per heavy atom. The molecule has 0 unspecified atom stereocenters. The number of hydrogen-bond donors (Lipinski definition) is 1. The van der Waals surface area contributed by atoms with Crippen LogP contribution in [0.3, 0.4) is 0 Å². The second-order valence-corrected chi connectivity index (χ2v) is 7.95. The number of halogens is 5. The Kier molecular flexibility index (Phi) is 5.84. The zero-order chi connectivity index (χ0) is 21.4. The van der Waals surface area contributed by atoms with Crippen molar-refractivity contribution < 1.29 is 22.7 Å². The van der Waals surface area contributed by atoms with Gasteiger partial charge in [-0.25, -0.2) is 13.2 Å². The molecule has 2 aliphatic rings. The molecule has 2 heterocycles. The van der Waals surface area contributed by atoms with Gasteiger partial charge in [-0.2, -0.15) is 0 Å². The van der Waals surface area contributed by atoms with Gasteiger partial charge in [-0.05, 0) is 30.5 Å². The first kappa shape index (κ1) is 20.9. The average molecular weight is 457 g/mol. The van der Waals surface area contributed by atoms with Gasteiger partial charge in [0.25, 0.3) is 0 Å². The van der Waals surface area contributed by atoms with Crippen molar-refractivity contribution in [3.8, 4) is 5.75 Å². The summed E-state index contributed by atoms with van der Waals surface area (Å²) in [4.78, 5) is 13.2. The second kappa shape index (κ2) is 8.40. The van der Waals surface area contributed by atoms with Crippen LogP contribution in [0, 0.1) is 17.5 Å². The van der Waals surface area contributed by atoms with Crippen LogP contribution in [0.5, 0.6) is 5.75 Å². The number of carbonyl (C=O) groups excluding carboxylic acids is 1. The number of nitrogens with one attached hydrogen (secondary N) is 1. The largest absolute Gasteiger partial charge is 0.489 e. The molecule has 0 aliphatic carbocycles. The predicted octanol–water partition coefficient (Wildman–Crippen LogP) is 5.51. The van der Waals surface area contributed by atoms with E-state index in [0.29, 0.717) is 37.2 Å². The van der Waals surface area contributed by atoms with E-state index in [1.807, 2.05) is 6.08 Å². The summed E-state index contributed by atoms with van der Waals surface area (Å²) in [5.41, 5.74) is 1.72. The first-order valence-corrected chi connectivity index (χ1v) is 10.1. The Bertz CT molecular complexity index is 1040. The zero-order valence-corrected chi connectivity index (χ0v) is 17.2. The lowest BCUT2D eigenvalue weighted by Gasteiger charge is -2.29. The molecule has 0 radical (unpaired) electrons. The monoisotopic (exact) mass is 456 g/mol. The highest BCUT2D eigenvalue weighted by Gasteiger charge is 2.25. The van der Waals surface area contributed by atoms with Crippen molar-refractivity contribution in [1.82, 2.24) is 0 Å². The molecule has 0 aromatic heterocycles. The fourth-order valence-corrected chi connectivity index (χ4v) is 4.05. The third-order valence-corrected chi connectivity index (χ3v) is 5.75. The summed E-state index contributed by atoms with van der Waals surface area (Å²) in [5, 5.41) is 2.46. The minimum Gasteiger partial charge on any atom is -0.489 e. The highest BCUT2D eigenvalue weighted by atomic mass is 35.5. The molecule has 4 rings (SSSR count). The minimum absolute atomic E-state index is 0.00473. The number of hydrogen-bond acceptors (Lipinski definition) is 3. The van der Waals surface area contributed by atoms with Crippen molar-refractivity contribution in [3.05, 3.63) is 62.9 Å². The standard InChI is InChI=1S/C21H17Cl2F3N2O2/c22-12-7-15(25)21(16(26)8-12)28-5-3-11(4-6-28)10-30-17-9-14(24)19(23)20-13(17)1-2-18(29)27-20/h3,7-9H,1-2,4-6,10H2,(H,27,29). The average Bonchev–Trinajstić information content (AvgIpc) is 2.70. The van der Waals surface area contributed by atoms with Gasteiger partial charge in [0.15, 0.2) is 11.6 Å². The summed E-state index contributed by atoms with van der Waals surface area (Å²) >= 11 is 11.7. The van der Waals surface area contributed by atoms with Gasteiger partial charge in [0.1, 0.15) is 28.9 Å². The molecule has 0 saturated carbocycles. The number of rotatable bonds is 4. The van der Waals surface area contributed by atoms with Crippen LogP contribution in [-0.2, 0) is 11.2 Å². The number of nitrogens with zero attached hydrogens (tertiary/aromatic N) is 1. The van der Waals surface area contributed by atoms with Crippen LogP contribution >= 0.6 is 23.2 Å². The predicted molar refractivity (Wildman–Crippen MR) is 110 cm³/mol. The first-order chi connectivity index (χ1) is 14.3. The summed E-state index contributed by atoms with van der Waals surface area (Å²) in [7, 11) is 0. The second-order valence-electron chi connectivity index (χ2n) is 7.14. The normalized spacial score (nSPS) is 16.1. The van der Waals surface area contributed by atoms with Crippen molar-refractivity contribution in [2.75, 3.05) is 29.9 Å². The highest BCUT2D eigenvalue weighted by Crippen LogP contribution is 2.39. The maximum Gasteiger partial charge on any atom is 0.224 e. The van der Waals surface area contributed by atoms with E-state index in [4.69, 9.17) is 27.9 Å². The molecule has 0 saturated heterocycles. The number of ether oxygens (including phenoxy) is 1. The van der Waals surface area contributed by atoms with Gasteiger partial charge in [0.05, 0.1) is 5.69 Å². The first-order valence-electron chi connectivity index (χ1n) is 9.34. The lowest BCUT2D eigenvalue weighted by molar-refractivity contribution is -0.116. The molecule has 1 amide bonds. The molecule has 4 nitrogen and oxygen atoms in total. The molecule has 2 aromatic carbocycles. The van der Waals surface area contributed by atoms with Crippen molar-refractivity contribution in [2.24, 2.45) is 0 Å². The Labute approximate surface area is 181 Å². The van der Waals surface area contributed by atoms with Crippen LogP contribution < -0.4 is 15.0 Å². The molecule has 158 valence electrons. The van der Waals surface area contributed by atoms with Gasteiger partial charge in [-0.1, -0.05) is 29.3 Å². The Hall–Kier alpha value is -2.38. The van der Waals surface area contributed by atoms with E-state index in [-0.39, 0.29) is 40.4 Å². The van der Waals surface area contributed by atoms with Crippen LogP contribution in [0.2, 0.25) is 10.0 Å². The molecule has 0 atom stereocenters. The molecule has 2 aromatic rings. The third kappa shape index (κ3) is 4.09. The van der Waals surface area contributed by atoms with Crippen molar-refractivity contribution >= 4 is 40.5 Å². The van der Waals surface area contributed by atoms with Gasteiger partial charge in [-0.15, -0.1) is 0 Å². The zero-order valence-electron chi connectivity index (χ0n) is 15.7. The smallest absolute Gasteiger partial charge is 0.224 e. The third-order valence-electron chi connectivity index (χ3n) is 5.17. The van der Waals surface area contributed by atoms with Crippen molar-refractivity contribution in [2.45, 2.75) is 19.3 Å². The van der Waals surface area contributed by atoms with E-state index in [1.54, 1.807) is 4.90 Å². The molecule has 9 heteroatoms. The molecule has 1 N–H and O–H groups in total. The van der Waals surface area contributed by atoms with Gasteiger partial charge >= 0.3 is 0 Å². The fourth-order valence-electron chi connectivity index (χ4n) is 3.64. The number of benzene rings is 2. The summed E-state index contributed by atoms with van der Waals surface area (Å²) in [5.74, 6) is -2.00. The molecule has 0 spiro atoms. The van der Waals surface area contributed by atoms with E-state index < -0.39 is 17.5 Å². The number of fused-ring (bicyclic) bond motifs is 1. The van der Waals surface area contributed by atoms with Crippen LogP contribution in [0.15, 0.2) is 29.8 Å². The molecule has 0 fully saturated rings. The van der Waals surface area contributed by atoms with Gasteiger partial charge in [0, 0.05) is 36.2 Å². The SMILES string of the molecule is O=C1CCc2c(OCC3=CCN(c4c(F)cc(Cl)cc4F)CC3)cc(F)c(Cl)c2N1. The van der Waals surface area contributed by atoms with Gasteiger partial charge < -0.3 is 15.0 Å². The summed E-state index contributed by atoms with van der Waals surface area (Å²) < 4.78 is 48.2. The molecule has 2 aliphatic heterocycles. The lowest BCUT2D eigenvalue weighted by atomic mass is 10.0. The van der Waals surface area contributed by atoms with Crippen LogP contribution in [0.25, 0.3) is 0 Å². The Morgan fingerprint density at radius 1 is 1.03 bits per heavy atom. The highest BCUT2D eigenvalue weighted by molar-refractivity contribution is 6.34. The Balaban J connectivity index is 1.47. The van der Waals surface area contributed by atoms with Gasteiger partial charge in [-0.3, -0.25) is 4.79 Å². The van der Waals surface area contributed by atoms with E-state index >= 15 is 0 Å². The summed E-state index contributed by atoms with van der Waals surface area (Å²) in [6, 6.07) is 3.38. The minimum atomic E-state index is -0.710. The summed E-state index contributed by atoms with van der Waals surface area (Å²) in [6.07, 6.45) is 3.02. The summed E-state index contributed by atoms with van der Waals surface area (Å²) in [6.45, 7) is 0.895.